The van der Waals surface area contributed by atoms with E-state index in [1.807, 2.05) is 0 Å². The summed E-state index contributed by atoms with van der Waals surface area (Å²) < 4.78 is 5.74. The summed E-state index contributed by atoms with van der Waals surface area (Å²) in [5.41, 5.74) is 3.97. The van der Waals surface area contributed by atoms with Crippen molar-refractivity contribution in [2.75, 3.05) is 6.61 Å². The molecule has 0 aromatic carbocycles. The lowest BCUT2D eigenvalue weighted by atomic mass is 9.95. The summed E-state index contributed by atoms with van der Waals surface area (Å²) in [5, 5.41) is 0. The summed E-state index contributed by atoms with van der Waals surface area (Å²) in [7, 11) is -0.427. The van der Waals surface area contributed by atoms with Crippen molar-refractivity contribution in [1.29, 1.82) is 0 Å². The maximum Gasteiger partial charge on any atom is 0.185 e. The second-order valence-corrected chi connectivity index (χ2v) is 6.42. The van der Waals surface area contributed by atoms with E-state index in [2.05, 4.69) is 47.2 Å². The van der Waals surface area contributed by atoms with E-state index in [-0.39, 0.29) is 0 Å². The lowest BCUT2D eigenvalue weighted by Crippen LogP contribution is -2.07. The van der Waals surface area contributed by atoms with Crippen LogP contribution in [0.25, 0.3) is 0 Å². The quantitative estimate of drug-likeness (QED) is 0.480. The normalized spacial score (nSPS) is 12.3. The van der Waals surface area contributed by atoms with Crippen LogP contribution >= 0.6 is 0 Å². The average molecular weight is 228 g/mol. The first kappa shape index (κ1) is 14.9. The van der Waals surface area contributed by atoms with Crippen LogP contribution in [-0.4, -0.2) is 16.4 Å². The summed E-state index contributed by atoms with van der Waals surface area (Å²) in [6.07, 6.45) is 1.19. The smallest absolute Gasteiger partial charge is 0.185 e. The van der Waals surface area contributed by atoms with Gasteiger partial charge >= 0.3 is 0 Å². The maximum absolute atomic E-state index is 5.74. The molecule has 0 aliphatic rings. The highest BCUT2D eigenvalue weighted by Crippen LogP contribution is 2.18. The Morgan fingerprint density at radius 1 is 1.07 bits per heavy atom. The summed E-state index contributed by atoms with van der Waals surface area (Å²) in [4.78, 5) is 0. The Hall–Kier alpha value is -0.0831. The third kappa shape index (κ3) is 7.80. The zero-order chi connectivity index (χ0) is 11.8. The molecule has 15 heavy (non-hydrogen) atoms. The fraction of sp³-hybridized carbons (Fsp3) is 0.846. The molecule has 0 heterocycles. The molecular weight excluding hydrogens is 200 g/mol. The fourth-order valence-corrected chi connectivity index (χ4v) is 3.28. The Balaban J connectivity index is 3.81. The molecule has 0 rings (SSSR count). The van der Waals surface area contributed by atoms with Crippen molar-refractivity contribution in [3.8, 4) is 0 Å². The van der Waals surface area contributed by atoms with Gasteiger partial charge in [-0.1, -0.05) is 52.8 Å². The van der Waals surface area contributed by atoms with Gasteiger partial charge in [-0.3, -0.25) is 0 Å². The first-order valence-corrected chi connectivity index (χ1v) is 7.62. The van der Waals surface area contributed by atoms with Crippen LogP contribution in [-0.2, 0) is 4.43 Å². The molecule has 0 aliphatic heterocycles. The molecule has 0 bridgehead atoms. The molecule has 0 N–H and O–H groups in total. The van der Waals surface area contributed by atoms with E-state index in [1.165, 1.54) is 6.42 Å². The summed E-state index contributed by atoms with van der Waals surface area (Å²) in [6.45, 7) is 14.5. The molecule has 0 spiro atoms. The third-order valence-electron chi connectivity index (χ3n) is 2.61. The predicted molar refractivity (Wildman–Crippen MR) is 71.7 cm³/mol. The minimum Gasteiger partial charge on any atom is -0.419 e. The number of hydrogen-bond donors (Lipinski definition) is 0. The average Bonchev–Trinajstić information content (AvgIpc) is 2.08. The van der Waals surface area contributed by atoms with E-state index in [0.717, 1.165) is 12.5 Å². The van der Waals surface area contributed by atoms with Crippen LogP contribution in [0.15, 0.2) is 11.3 Å². The Morgan fingerprint density at radius 3 is 2.00 bits per heavy atom. The Labute approximate surface area is 98.2 Å². The van der Waals surface area contributed by atoms with E-state index in [0.29, 0.717) is 11.8 Å². The second kappa shape index (κ2) is 8.11. The van der Waals surface area contributed by atoms with E-state index >= 15 is 0 Å². The van der Waals surface area contributed by atoms with Crippen LogP contribution in [0.4, 0.5) is 0 Å². The highest BCUT2D eigenvalue weighted by molar-refractivity contribution is 6.34. The van der Waals surface area contributed by atoms with E-state index in [9.17, 15) is 0 Å². The van der Waals surface area contributed by atoms with Crippen LogP contribution in [0.3, 0.4) is 0 Å². The number of hydrogen-bond acceptors (Lipinski definition) is 1. The first-order chi connectivity index (χ1) is 6.95. The largest absolute Gasteiger partial charge is 0.419 e. The summed E-state index contributed by atoms with van der Waals surface area (Å²) in [6, 6.07) is 0. The monoisotopic (exact) mass is 228 g/mol. The van der Waals surface area contributed by atoms with Gasteiger partial charge in [-0.05, 0) is 24.2 Å². The second-order valence-electron chi connectivity index (χ2n) is 5.27. The maximum atomic E-state index is 5.74. The van der Waals surface area contributed by atoms with Gasteiger partial charge in [0.15, 0.2) is 9.76 Å². The highest BCUT2D eigenvalue weighted by atomic mass is 28.2. The third-order valence-corrected chi connectivity index (χ3v) is 3.77. The molecule has 0 aromatic heterocycles. The number of rotatable bonds is 7. The Kier molecular flexibility index (Phi) is 8.07. The molecular formula is C13H28OSi. The van der Waals surface area contributed by atoms with Crippen LogP contribution in [0.5, 0.6) is 0 Å². The topological polar surface area (TPSA) is 9.23 Å². The van der Waals surface area contributed by atoms with Gasteiger partial charge in [0.1, 0.15) is 0 Å². The molecule has 0 saturated carbocycles. The number of allylic oxidation sites excluding steroid dienone is 1. The zero-order valence-corrected chi connectivity index (χ0v) is 12.8. The molecule has 0 aromatic rings. The van der Waals surface area contributed by atoms with E-state index in [1.54, 1.807) is 5.57 Å². The van der Waals surface area contributed by atoms with Crippen molar-refractivity contribution < 1.29 is 4.43 Å². The lowest BCUT2D eigenvalue weighted by molar-refractivity contribution is 0.308. The lowest BCUT2D eigenvalue weighted by Gasteiger charge is -2.15. The molecule has 2 heteroatoms. The highest BCUT2D eigenvalue weighted by Gasteiger charge is 2.06. The van der Waals surface area contributed by atoms with Crippen LogP contribution in [0, 0.1) is 17.8 Å². The molecule has 0 saturated heterocycles. The molecule has 0 aliphatic carbocycles. The van der Waals surface area contributed by atoms with Crippen molar-refractivity contribution >= 4 is 9.76 Å². The minimum absolute atomic E-state index is 0.427. The molecule has 90 valence electrons. The summed E-state index contributed by atoms with van der Waals surface area (Å²) >= 11 is 0. The molecule has 0 atom stereocenters. The van der Waals surface area contributed by atoms with Crippen molar-refractivity contribution in [2.24, 2.45) is 17.8 Å². The van der Waals surface area contributed by atoms with Crippen LogP contribution in [0.1, 0.15) is 48.0 Å². The van der Waals surface area contributed by atoms with Crippen molar-refractivity contribution in [3.05, 3.63) is 11.3 Å². The standard InChI is InChI=1S/C13H28OSi/c1-10(2)7-8-14-15-9-13(11(3)4)12(5)6/h9-12H,7-8,15H2,1-6H3. The first-order valence-electron chi connectivity index (χ1n) is 6.22. The molecule has 0 amide bonds. The summed E-state index contributed by atoms with van der Waals surface area (Å²) in [5.74, 6) is 2.11. The van der Waals surface area contributed by atoms with Gasteiger partial charge < -0.3 is 4.43 Å². The van der Waals surface area contributed by atoms with Crippen molar-refractivity contribution in [1.82, 2.24) is 0 Å². The van der Waals surface area contributed by atoms with Gasteiger partial charge in [0.05, 0.1) is 0 Å². The zero-order valence-electron chi connectivity index (χ0n) is 11.3. The van der Waals surface area contributed by atoms with Gasteiger partial charge in [0.25, 0.3) is 0 Å². The van der Waals surface area contributed by atoms with Gasteiger partial charge in [0, 0.05) is 6.61 Å². The molecule has 0 radical (unpaired) electrons. The van der Waals surface area contributed by atoms with Gasteiger partial charge in [-0.2, -0.15) is 0 Å². The Bertz CT molecular complexity index is 173. The van der Waals surface area contributed by atoms with Crippen LogP contribution in [0.2, 0.25) is 0 Å². The SMILES string of the molecule is CC(C)CCO[SiH2]C=C(C(C)C)C(C)C. The van der Waals surface area contributed by atoms with Crippen LogP contribution < -0.4 is 0 Å². The van der Waals surface area contributed by atoms with Crippen molar-refractivity contribution in [2.45, 2.75) is 48.0 Å². The van der Waals surface area contributed by atoms with E-state index < -0.39 is 9.76 Å². The van der Waals surface area contributed by atoms with Gasteiger partial charge in [0.2, 0.25) is 0 Å². The van der Waals surface area contributed by atoms with E-state index in [4.69, 9.17) is 4.43 Å². The Morgan fingerprint density at radius 2 is 1.60 bits per heavy atom. The predicted octanol–water partition coefficient (Wildman–Crippen LogP) is 3.33. The van der Waals surface area contributed by atoms with Crippen molar-refractivity contribution in [3.63, 3.8) is 0 Å². The molecule has 0 fully saturated rings. The molecule has 1 nitrogen and oxygen atoms in total. The minimum atomic E-state index is -0.427. The molecule has 0 unspecified atom stereocenters. The van der Waals surface area contributed by atoms with Gasteiger partial charge in [-0.15, -0.1) is 0 Å². The van der Waals surface area contributed by atoms with Gasteiger partial charge in [-0.25, -0.2) is 0 Å². The fourth-order valence-electron chi connectivity index (χ4n) is 1.70.